The molecule has 0 spiro atoms. The molecule has 0 atom stereocenters. The number of hydrogen-bond acceptors (Lipinski definition) is 6. The third-order valence-corrected chi connectivity index (χ3v) is 2.82. The molecule has 0 aliphatic rings. The van der Waals surface area contributed by atoms with Crippen molar-refractivity contribution in [2.75, 3.05) is 33.9 Å². The molecule has 0 saturated carbocycles. The standard InChI is InChI=1S/C13H18N2O6/c1-20-6-5-14(9-13(16)17)8-10-3-4-12(21-2)11(7-10)15(18)19/h3-4,7H,5-6,8-9H2,1-2H3,(H,16,17). The van der Waals surface area contributed by atoms with Crippen LogP contribution in [0.2, 0.25) is 0 Å². The van der Waals surface area contributed by atoms with Crippen LogP contribution in [0.3, 0.4) is 0 Å². The van der Waals surface area contributed by atoms with E-state index in [1.54, 1.807) is 11.0 Å². The van der Waals surface area contributed by atoms with E-state index in [4.69, 9.17) is 14.6 Å². The molecule has 0 heterocycles. The van der Waals surface area contributed by atoms with Gasteiger partial charge in [0.25, 0.3) is 0 Å². The number of methoxy groups -OCH3 is 2. The van der Waals surface area contributed by atoms with E-state index >= 15 is 0 Å². The number of nitro groups is 1. The zero-order valence-corrected chi connectivity index (χ0v) is 11.9. The van der Waals surface area contributed by atoms with Crippen LogP contribution in [0, 0.1) is 10.1 Å². The second-order valence-corrected chi connectivity index (χ2v) is 4.36. The Morgan fingerprint density at radius 3 is 2.67 bits per heavy atom. The van der Waals surface area contributed by atoms with Crippen molar-refractivity contribution in [1.82, 2.24) is 4.90 Å². The van der Waals surface area contributed by atoms with Crippen molar-refractivity contribution in [3.63, 3.8) is 0 Å². The van der Waals surface area contributed by atoms with Gasteiger partial charge >= 0.3 is 11.7 Å². The average molecular weight is 298 g/mol. The summed E-state index contributed by atoms with van der Waals surface area (Å²) in [6.45, 7) is 0.915. The van der Waals surface area contributed by atoms with Crippen LogP contribution in [0.1, 0.15) is 5.56 Å². The van der Waals surface area contributed by atoms with Gasteiger partial charge in [-0.2, -0.15) is 0 Å². The molecule has 1 aromatic rings. The number of carboxylic acid groups (broad SMARTS) is 1. The van der Waals surface area contributed by atoms with Crippen LogP contribution in [-0.4, -0.2) is 54.8 Å². The van der Waals surface area contributed by atoms with E-state index in [1.807, 2.05) is 0 Å². The zero-order valence-electron chi connectivity index (χ0n) is 11.9. The van der Waals surface area contributed by atoms with Crippen molar-refractivity contribution in [1.29, 1.82) is 0 Å². The lowest BCUT2D eigenvalue weighted by Gasteiger charge is -2.19. The molecule has 0 aliphatic heterocycles. The van der Waals surface area contributed by atoms with Crippen LogP contribution >= 0.6 is 0 Å². The fourth-order valence-electron chi connectivity index (χ4n) is 1.86. The number of nitro benzene ring substituents is 1. The lowest BCUT2D eigenvalue weighted by Crippen LogP contribution is -2.32. The Hall–Kier alpha value is -2.19. The molecule has 0 unspecified atom stereocenters. The normalized spacial score (nSPS) is 10.6. The highest BCUT2D eigenvalue weighted by molar-refractivity contribution is 5.69. The molecule has 0 aliphatic carbocycles. The number of nitrogens with zero attached hydrogens (tertiary/aromatic N) is 2. The summed E-state index contributed by atoms with van der Waals surface area (Å²) in [5.41, 5.74) is 0.497. The van der Waals surface area contributed by atoms with Crippen molar-refractivity contribution in [2.45, 2.75) is 6.54 Å². The maximum absolute atomic E-state index is 11.0. The molecule has 1 aromatic carbocycles. The van der Waals surface area contributed by atoms with Crippen molar-refractivity contribution < 1.29 is 24.3 Å². The molecule has 0 aromatic heterocycles. The van der Waals surface area contributed by atoms with Gasteiger partial charge in [0.05, 0.1) is 25.2 Å². The highest BCUT2D eigenvalue weighted by Gasteiger charge is 2.17. The van der Waals surface area contributed by atoms with E-state index in [1.165, 1.54) is 26.4 Å². The zero-order chi connectivity index (χ0) is 15.8. The van der Waals surface area contributed by atoms with Crippen LogP contribution in [0.4, 0.5) is 5.69 Å². The van der Waals surface area contributed by atoms with Crippen LogP contribution < -0.4 is 4.74 Å². The van der Waals surface area contributed by atoms with E-state index in [9.17, 15) is 14.9 Å². The summed E-state index contributed by atoms with van der Waals surface area (Å²) in [5.74, 6) is -0.792. The molecule has 1 N–H and O–H groups in total. The monoisotopic (exact) mass is 298 g/mol. The topological polar surface area (TPSA) is 102 Å². The van der Waals surface area contributed by atoms with Crippen LogP contribution in [-0.2, 0) is 16.1 Å². The van der Waals surface area contributed by atoms with Crippen molar-refractivity contribution >= 4 is 11.7 Å². The molecule has 0 fully saturated rings. The van der Waals surface area contributed by atoms with Crippen LogP contribution in [0.5, 0.6) is 5.75 Å². The van der Waals surface area contributed by atoms with Gasteiger partial charge in [0.2, 0.25) is 0 Å². The van der Waals surface area contributed by atoms with Gasteiger partial charge in [-0.1, -0.05) is 6.07 Å². The van der Waals surface area contributed by atoms with Gasteiger partial charge in [-0.15, -0.1) is 0 Å². The lowest BCUT2D eigenvalue weighted by molar-refractivity contribution is -0.385. The molecule has 0 saturated heterocycles. The van der Waals surface area contributed by atoms with Gasteiger partial charge < -0.3 is 14.6 Å². The van der Waals surface area contributed by atoms with E-state index in [-0.39, 0.29) is 24.5 Å². The summed E-state index contributed by atoms with van der Waals surface area (Å²) in [6.07, 6.45) is 0. The van der Waals surface area contributed by atoms with Gasteiger partial charge in [0.1, 0.15) is 0 Å². The first-order valence-corrected chi connectivity index (χ1v) is 6.22. The van der Waals surface area contributed by atoms with E-state index in [2.05, 4.69) is 0 Å². The van der Waals surface area contributed by atoms with Gasteiger partial charge in [0.15, 0.2) is 5.75 Å². The maximum Gasteiger partial charge on any atom is 0.317 e. The molecular formula is C13H18N2O6. The van der Waals surface area contributed by atoms with Gasteiger partial charge in [-0.3, -0.25) is 19.8 Å². The fraction of sp³-hybridized carbons (Fsp3) is 0.462. The van der Waals surface area contributed by atoms with Gasteiger partial charge in [-0.05, 0) is 11.6 Å². The molecule has 8 heteroatoms. The molecule has 1 rings (SSSR count). The Morgan fingerprint density at radius 1 is 1.43 bits per heavy atom. The molecule has 116 valence electrons. The number of carboxylic acids is 1. The Balaban J connectivity index is 2.89. The average Bonchev–Trinajstić information content (AvgIpc) is 2.44. The van der Waals surface area contributed by atoms with Gasteiger partial charge in [-0.25, -0.2) is 0 Å². The third kappa shape index (κ3) is 5.36. The number of benzene rings is 1. The number of ether oxygens (including phenoxy) is 2. The second kappa shape index (κ2) is 8.18. The summed E-state index contributed by atoms with van der Waals surface area (Å²) in [7, 11) is 2.88. The largest absolute Gasteiger partial charge is 0.490 e. The maximum atomic E-state index is 11.0. The van der Waals surface area contributed by atoms with Crippen molar-refractivity contribution in [3.05, 3.63) is 33.9 Å². The van der Waals surface area contributed by atoms with E-state index in [0.717, 1.165) is 0 Å². The van der Waals surface area contributed by atoms with E-state index in [0.29, 0.717) is 18.7 Å². The van der Waals surface area contributed by atoms with Gasteiger partial charge in [0, 0.05) is 26.3 Å². The highest BCUT2D eigenvalue weighted by atomic mass is 16.6. The SMILES string of the molecule is COCCN(CC(=O)O)Cc1ccc(OC)c([N+](=O)[O-])c1. The molecule has 21 heavy (non-hydrogen) atoms. The Kier molecular flexibility index (Phi) is 6.57. The van der Waals surface area contributed by atoms with Crippen molar-refractivity contribution in [3.8, 4) is 5.75 Å². The van der Waals surface area contributed by atoms with Crippen LogP contribution in [0.25, 0.3) is 0 Å². The summed E-state index contributed by atoms with van der Waals surface area (Å²) in [5, 5.41) is 19.8. The molecular weight excluding hydrogens is 280 g/mol. The first-order chi connectivity index (χ1) is 9.97. The number of aliphatic carboxylic acids is 1. The number of rotatable bonds is 9. The number of hydrogen-bond donors (Lipinski definition) is 1. The highest BCUT2D eigenvalue weighted by Crippen LogP contribution is 2.27. The van der Waals surface area contributed by atoms with Crippen molar-refractivity contribution in [2.24, 2.45) is 0 Å². The molecule has 0 amide bonds. The lowest BCUT2D eigenvalue weighted by atomic mass is 10.1. The summed E-state index contributed by atoms with van der Waals surface area (Å²) >= 11 is 0. The first-order valence-electron chi connectivity index (χ1n) is 6.22. The third-order valence-electron chi connectivity index (χ3n) is 2.82. The minimum absolute atomic E-state index is 0.142. The minimum Gasteiger partial charge on any atom is -0.490 e. The Labute approximate surface area is 122 Å². The molecule has 0 radical (unpaired) electrons. The quantitative estimate of drug-likeness (QED) is 0.538. The fourth-order valence-corrected chi connectivity index (χ4v) is 1.86. The summed E-state index contributed by atoms with van der Waals surface area (Å²) in [6, 6.07) is 4.57. The summed E-state index contributed by atoms with van der Waals surface area (Å²) in [4.78, 5) is 22.9. The van der Waals surface area contributed by atoms with Crippen LogP contribution in [0.15, 0.2) is 18.2 Å². The first kappa shape index (κ1) is 16.9. The Bertz CT molecular complexity index is 505. The smallest absolute Gasteiger partial charge is 0.317 e. The predicted octanol–water partition coefficient (Wildman–Crippen LogP) is 1.14. The summed E-state index contributed by atoms with van der Waals surface area (Å²) < 4.78 is 9.85. The minimum atomic E-state index is -0.964. The van der Waals surface area contributed by atoms with E-state index < -0.39 is 10.9 Å². The number of carbonyl (C=O) groups is 1. The Morgan fingerprint density at radius 2 is 2.14 bits per heavy atom. The molecule has 8 nitrogen and oxygen atoms in total. The second-order valence-electron chi connectivity index (χ2n) is 4.36. The predicted molar refractivity (Wildman–Crippen MR) is 74.4 cm³/mol. The molecule has 0 bridgehead atoms.